The number of ether oxygens (including phenoxy) is 1. The number of nitro benzene ring substituents is 1. The van der Waals surface area contributed by atoms with E-state index in [0.29, 0.717) is 15.7 Å². The second-order valence-corrected chi connectivity index (χ2v) is 4.60. The fourth-order valence-electron chi connectivity index (χ4n) is 1.45. The number of nitrogens with two attached hydrogens (primary N) is 1. The van der Waals surface area contributed by atoms with Crippen LogP contribution in [0, 0.1) is 17.0 Å². The largest absolute Gasteiger partial charge is 0.479 e. The molecule has 94 valence electrons. The molecular weight excluding hydrogens is 256 g/mol. The van der Waals surface area contributed by atoms with Crippen molar-refractivity contribution in [1.29, 1.82) is 0 Å². The molecule has 2 rings (SSSR count). The van der Waals surface area contributed by atoms with Crippen LogP contribution in [0.25, 0.3) is 0 Å². The molecule has 1 aromatic carbocycles. The summed E-state index contributed by atoms with van der Waals surface area (Å²) in [7, 11) is 0. The smallest absolute Gasteiger partial charge is 0.313 e. The van der Waals surface area contributed by atoms with Gasteiger partial charge in [-0.2, -0.15) is 0 Å². The first-order chi connectivity index (χ1) is 8.58. The molecule has 18 heavy (non-hydrogen) atoms. The zero-order chi connectivity index (χ0) is 13.1. The van der Waals surface area contributed by atoms with Crippen molar-refractivity contribution in [2.24, 2.45) is 0 Å². The maximum Gasteiger partial charge on any atom is 0.313 e. The third kappa shape index (κ3) is 2.54. The van der Waals surface area contributed by atoms with E-state index >= 15 is 0 Å². The zero-order valence-corrected chi connectivity index (χ0v) is 10.3. The molecule has 2 N–H and O–H groups in total. The Bertz CT molecular complexity index is 584. The van der Waals surface area contributed by atoms with Crippen molar-refractivity contribution >= 4 is 22.2 Å². The number of nitrogen functional groups attached to an aromatic ring is 1. The number of nitrogens with zero attached hydrogens (tertiary/aromatic N) is 3. The van der Waals surface area contributed by atoms with Gasteiger partial charge in [-0.3, -0.25) is 10.1 Å². The van der Waals surface area contributed by atoms with Crippen molar-refractivity contribution in [2.75, 3.05) is 5.73 Å². The lowest BCUT2D eigenvalue weighted by molar-refractivity contribution is -0.386. The molecule has 2 aromatic rings. The zero-order valence-electron chi connectivity index (χ0n) is 9.49. The lowest BCUT2D eigenvalue weighted by atomic mass is 10.2. The van der Waals surface area contributed by atoms with Crippen molar-refractivity contribution in [3.05, 3.63) is 38.9 Å². The molecule has 1 heterocycles. The lowest BCUT2D eigenvalue weighted by Crippen LogP contribution is -2.00. The summed E-state index contributed by atoms with van der Waals surface area (Å²) < 4.78 is 5.39. The van der Waals surface area contributed by atoms with Gasteiger partial charge >= 0.3 is 5.69 Å². The van der Waals surface area contributed by atoms with E-state index in [1.54, 1.807) is 25.1 Å². The van der Waals surface area contributed by atoms with Gasteiger partial charge in [0.1, 0.15) is 6.61 Å². The minimum Gasteiger partial charge on any atom is -0.479 e. The van der Waals surface area contributed by atoms with E-state index in [4.69, 9.17) is 10.5 Å². The number of aromatic nitrogens is 2. The van der Waals surface area contributed by atoms with Crippen LogP contribution in [0.3, 0.4) is 0 Å². The van der Waals surface area contributed by atoms with E-state index in [0.717, 1.165) is 0 Å². The quantitative estimate of drug-likeness (QED) is 0.669. The van der Waals surface area contributed by atoms with Crippen molar-refractivity contribution in [3.63, 3.8) is 0 Å². The molecule has 0 aliphatic rings. The number of hydrogen-bond donors (Lipinski definition) is 1. The fourth-order valence-corrected chi connectivity index (χ4v) is 1.97. The highest BCUT2D eigenvalue weighted by molar-refractivity contribution is 7.15. The minimum absolute atomic E-state index is 0.0324. The van der Waals surface area contributed by atoms with Crippen LogP contribution in [0.5, 0.6) is 5.75 Å². The predicted molar refractivity (Wildman–Crippen MR) is 66.5 cm³/mol. The Morgan fingerprint density at radius 3 is 2.89 bits per heavy atom. The molecule has 0 radical (unpaired) electrons. The summed E-state index contributed by atoms with van der Waals surface area (Å²) in [5.41, 5.74) is 5.95. The van der Waals surface area contributed by atoms with Crippen LogP contribution in [0.4, 0.5) is 10.8 Å². The van der Waals surface area contributed by atoms with E-state index in [9.17, 15) is 10.1 Å². The van der Waals surface area contributed by atoms with Gasteiger partial charge in [-0.1, -0.05) is 23.5 Å². The lowest BCUT2D eigenvalue weighted by Gasteiger charge is -2.05. The van der Waals surface area contributed by atoms with Gasteiger partial charge in [0.25, 0.3) is 0 Å². The molecule has 0 bridgehead atoms. The maximum absolute atomic E-state index is 10.9. The first-order valence-corrected chi connectivity index (χ1v) is 5.84. The molecule has 0 saturated heterocycles. The number of benzene rings is 1. The van der Waals surface area contributed by atoms with Gasteiger partial charge in [0.05, 0.1) is 4.92 Å². The third-order valence-corrected chi connectivity index (χ3v) is 2.94. The van der Waals surface area contributed by atoms with Crippen LogP contribution in [0.2, 0.25) is 0 Å². The summed E-state index contributed by atoms with van der Waals surface area (Å²) in [5.74, 6) is 0.216. The normalized spacial score (nSPS) is 10.3. The Labute approximate surface area is 106 Å². The summed E-state index contributed by atoms with van der Waals surface area (Å²) in [6.07, 6.45) is 0. The molecule has 0 amide bonds. The Kier molecular flexibility index (Phi) is 3.38. The Hall–Kier alpha value is -2.22. The minimum atomic E-state index is -0.459. The van der Waals surface area contributed by atoms with Crippen molar-refractivity contribution in [2.45, 2.75) is 13.5 Å². The standard InChI is InChI=1S/C10H10N4O3S/c1-6-3-2-4-7(9(6)14(15)16)17-5-8-12-13-10(11)18-8/h2-4H,5H2,1H3,(H2,11,13). The van der Waals surface area contributed by atoms with Gasteiger partial charge in [0, 0.05) is 5.56 Å². The summed E-state index contributed by atoms with van der Waals surface area (Å²) in [5, 5.41) is 19.3. The van der Waals surface area contributed by atoms with E-state index < -0.39 is 4.92 Å². The summed E-state index contributed by atoms with van der Waals surface area (Å²) >= 11 is 1.19. The van der Waals surface area contributed by atoms with Crippen LogP contribution in [-0.4, -0.2) is 15.1 Å². The topological polar surface area (TPSA) is 104 Å². The van der Waals surface area contributed by atoms with Gasteiger partial charge in [-0.15, -0.1) is 10.2 Å². The van der Waals surface area contributed by atoms with Gasteiger partial charge < -0.3 is 10.5 Å². The number of anilines is 1. The van der Waals surface area contributed by atoms with Crippen LogP contribution >= 0.6 is 11.3 Å². The average molecular weight is 266 g/mol. The number of hydrogen-bond acceptors (Lipinski definition) is 7. The Morgan fingerprint density at radius 2 is 2.28 bits per heavy atom. The summed E-state index contributed by atoms with van der Waals surface area (Å²) in [4.78, 5) is 10.5. The number of aryl methyl sites for hydroxylation is 1. The van der Waals surface area contributed by atoms with E-state index in [2.05, 4.69) is 10.2 Å². The maximum atomic E-state index is 10.9. The van der Waals surface area contributed by atoms with Gasteiger partial charge in [0.15, 0.2) is 10.8 Å². The molecule has 1 aromatic heterocycles. The highest BCUT2D eigenvalue weighted by atomic mass is 32.1. The van der Waals surface area contributed by atoms with E-state index in [1.165, 1.54) is 11.3 Å². The predicted octanol–water partition coefficient (Wildman–Crippen LogP) is 1.92. The van der Waals surface area contributed by atoms with Crippen LogP contribution in [0.15, 0.2) is 18.2 Å². The van der Waals surface area contributed by atoms with Crippen molar-refractivity contribution in [3.8, 4) is 5.75 Å². The molecule has 0 unspecified atom stereocenters. The molecule has 0 saturated carbocycles. The third-order valence-electron chi connectivity index (χ3n) is 2.22. The second kappa shape index (κ2) is 4.96. The van der Waals surface area contributed by atoms with Crippen LogP contribution in [0.1, 0.15) is 10.6 Å². The van der Waals surface area contributed by atoms with Crippen molar-refractivity contribution < 1.29 is 9.66 Å². The van der Waals surface area contributed by atoms with Crippen LogP contribution < -0.4 is 10.5 Å². The highest BCUT2D eigenvalue weighted by Gasteiger charge is 2.18. The Balaban J connectivity index is 2.19. The molecule has 0 aliphatic heterocycles. The molecule has 0 fully saturated rings. The average Bonchev–Trinajstić information content (AvgIpc) is 2.72. The molecule has 7 nitrogen and oxygen atoms in total. The first-order valence-electron chi connectivity index (χ1n) is 5.02. The molecule has 8 heteroatoms. The summed E-state index contributed by atoms with van der Waals surface area (Å²) in [6.45, 7) is 1.77. The van der Waals surface area contributed by atoms with Gasteiger partial charge in [-0.25, -0.2) is 0 Å². The monoisotopic (exact) mass is 266 g/mol. The summed E-state index contributed by atoms with van der Waals surface area (Å²) in [6, 6.07) is 4.91. The molecule has 0 aliphatic carbocycles. The SMILES string of the molecule is Cc1cccc(OCc2nnc(N)s2)c1[N+](=O)[O-]. The van der Waals surface area contributed by atoms with E-state index in [-0.39, 0.29) is 18.0 Å². The number of rotatable bonds is 4. The van der Waals surface area contributed by atoms with Gasteiger partial charge in [-0.05, 0) is 13.0 Å². The number of para-hydroxylation sites is 1. The fraction of sp³-hybridized carbons (Fsp3) is 0.200. The van der Waals surface area contributed by atoms with Crippen molar-refractivity contribution in [1.82, 2.24) is 10.2 Å². The Morgan fingerprint density at radius 1 is 1.50 bits per heavy atom. The molecule has 0 spiro atoms. The number of nitro groups is 1. The second-order valence-electron chi connectivity index (χ2n) is 3.50. The molecular formula is C10H10N4O3S. The van der Waals surface area contributed by atoms with Crippen LogP contribution in [-0.2, 0) is 6.61 Å². The van der Waals surface area contributed by atoms with E-state index in [1.807, 2.05) is 0 Å². The molecule has 0 atom stereocenters. The highest BCUT2D eigenvalue weighted by Crippen LogP contribution is 2.30. The van der Waals surface area contributed by atoms with Gasteiger partial charge in [0.2, 0.25) is 5.13 Å². The first kappa shape index (κ1) is 12.2.